The van der Waals surface area contributed by atoms with Gasteiger partial charge < -0.3 is 20.3 Å². The van der Waals surface area contributed by atoms with E-state index in [0.29, 0.717) is 26.1 Å². The van der Waals surface area contributed by atoms with Gasteiger partial charge in [-0.3, -0.25) is 9.59 Å². The zero-order chi connectivity index (χ0) is 12.1. The highest BCUT2D eigenvalue weighted by atomic mass is 16.5. The van der Waals surface area contributed by atoms with Crippen LogP contribution in [0.5, 0.6) is 0 Å². The van der Waals surface area contributed by atoms with Gasteiger partial charge in [0, 0.05) is 32.1 Å². The van der Waals surface area contributed by atoms with Crippen molar-refractivity contribution >= 4 is 11.8 Å². The minimum atomic E-state index is -0.0902. The second-order valence-electron chi connectivity index (χ2n) is 4.45. The SMILES string of the molecule is O=C(CN1CCCC1=O)NCC1COCCN1. The van der Waals surface area contributed by atoms with E-state index in [1.54, 1.807) is 4.90 Å². The second-order valence-corrected chi connectivity index (χ2v) is 4.45. The van der Waals surface area contributed by atoms with Crippen molar-refractivity contribution in [2.45, 2.75) is 18.9 Å². The highest BCUT2D eigenvalue weighted by Crippen LogP contribution is 2.08. The zero-order valence-corrected chi connectivity index (χ0v) is 9.91. The summed E-state index contributed by atoms with van der Waals surface area (Å²) >= 11 is 0. The highest BCUT2D eigenvalue weighted by molar-refractivity contribution is 5.85. The molecule has 96 valence electrons. The van der Waals surface area contributed by atoms with Crippen molar-refractivity contribution in [1.82, 2.24) is 15.5 Å². The lowest BCUT2D eigenvalue weighted by atomic mass is 10.3. The number of hydrogen-bond acceptors (Lipinski definition) is 4. The largest absolute Gasteiger partial charge is 0.378 e. The summed E-state index contributed by atoms with van der Waals surface area (Å²) in [5.41, 5.74) is 0. The molecule has 1 atom stereocenters. The van der Waals surface area contributed by atoms with Crippen molar-refractivity contribution in [2.24, 2.45) is 0 Å². The van der Waals surface area contributed by atoms with E-state index in [0.717, 1.165) is 19.6 Å². The molecule has 0 aromatic carbocycles. The van der Waals surface area contributed by atoms with Crippen molar-refractivity contribution in [3.8, 4) is 0 Å². The van der Waals surface area contributed by atoms with Crippen LogP contribution in [0.25, 0.3) is 0 Å². The first-order valence-corrected chi connectivity index (χ1v) is 6.11. The smallest absolute Gasteiger partial charge is 0.239 e. The summed E-state index contributed by atoms with van der Waals surface area (Å²) in [6.07, 6.45) is 1.44. The Balaban J connectivity index is 1.64. The summed E-state index contributed by atoms with van der Waals surface area (Å²) in [6, 6.07) is 0.182. The number of rotatable bonds is 4. The summed E-state index contributed by atoms with van der Waals surface area (Å²) in [7, 11) is 0. The van der Waals surface area contributed by atoms with E-state index in [4.69, 9.17) is 4.74 Å². The van der Waals surface area contributed by atoms with Gasteiger partial charge in [-0.15, -0.1) is 0 Å². The summed E-state index contributed by atoms with van der Waals surface area (Å²) in [5, 5.41) is 6.08. The Bertz CT molecular complexity index is 290. The Hall–Kier alpha value is -1.14. The summed E-state index contributed by atoms with van der Waals surface area (Å²) in [4.78, 5) is 24.6. The molecular weight excluding hydrogens is 222 g/mol. The van der Waals surface area contributed by atoms with Crippen LogP contribution in [0.15, 0.2) is 0 Å². The average molecular weight is 241 g/mol. The standard InChI is InChI=1S/C11H19N3O3/c15-10(7-14-4-1-2-11(14)16)13-6-9-8-17-5-3-12-9/h9,12H,1-8H2,(H,13,15). The molecule has 0 spiro atoms. The van der Waals surface area contributed by atoms with Gasteiger partial charge in [-0.25, -0.2) is 0 Å². The lowest BCUT2D eigenvalue weighted by Gasteiger charge is -2.24. The molecule has 2 rings (SSSR count). The van der Waals surface area contributed by atoms with Crippen LogP contribution < -0.4 is 10.6 Å². The molecule has 0 bridgehead atoms. The molecule has 2 aliphatic heterocycles. The van der Waals surface area contributed by atoms with E-state index in [1.165, 1.54) is 0 Å². The van der Waals surface area contributed by atoms with E-state index in [9.17, 15) is 9.59 Å². The van der Waals surface area contributed by atoms with Crippen LogP contribution >= 0.6 is 0 Å². The molecule has 2 amide bonds. The van der Waals surface area contributed by atoms with Crippen molar-refractivity contribution in [1.29, 1.82) is 0 Å². The maximum absolute atomic E-state index is 11.6. The third-order valence-electron chi connectivity index (χ3n) is 3.05. The fourth-order valence-corrected chi connectivity index (χ4v) is 2.09. The molecule has 2 heterocycles. The highest BCUT2D eigenvalue weighted by Gasteiger charge is 2.22. The summed E-state index contributed by atoms with van der Waals surface area (Å²) < 4.78 is 5.29. The molecule has 0 radical (unpaired) electrons. The van der Waals surface area contributed by atoms with E-state index in [2.05, 4.69) is 10.6 Å². The van der Waals surface area contributed by atoms with Crippen LogP contribution in [-0.4, -0.2) is 62.1 Å². The lowest BCUT2D eigenvalue weighted by molar-refractivity contribution is -0.133. The van der Waals surface area contributed by atoms with E-state index in [1.807, 2.05) is 0 Å². The van der Waals surface area contributed by atoms with Gasteiger partial charge in [0.1, 0.15) is 0 Å². The molecule has 2 saturated heterocycles. The Labute approximate surface area is 101 Å². The number of hydrogen-bond donors (Lipinski definition) is 2. The van der Waals surface area contributed by atoms with Crippen LogP contribution in [0.2, 0.25) is 0 Å². The van der Waals surface area contributed by atoms with Gasteiger partial charge in [0.25, 0.3) is 0 Å². The third-order valence-corrected chi connectivity index (χ3v) is 3.05. The summed E-state index contributed by atoms with van der Waals surface area (Å²) in [6.45, 7) is 3.63. The van der Waals surface area contributed by atoms with Crippen molar-refractivity contribution < 1.29 is 14.3 Å². The topological polar surface area (TPSA) is 70.7 Å². The molecule has 2 N–H and O–H groups in total. The Morgan fingerprint density at radius 1 is 1.59 bits per heavy atom. The Kier molecular flexibility index (Phi) is 4.33. The second kappa shape index (κ2) is 5.97. The predicted octanol–water partition coefficient (Wildman–Crippen LogP) is -1.29. The van der Waals surface area contributed by atoms with E-state index in [-0.39, 0.29) is 24.4 Å². The number of amides is 2. The van der Waals surface area contributed by atoms with Crippen LogP contribution in [-0.2, 0) is 14.3 Å². The van der Waals surface area contributed by atoms with Crippen LogP contribution in [0.3, 0.4) is 0 Å². The van der Waals surface area contributed by atoms with Crippen LogP contribution in [0, 0.1) is 0 Å². The number of nitrogens with one attached hydrogen (secondary N) is 2. The monoisotopic (exact) mass is 241 g/mol. The van der Waals surface area contributed by atoms with Crippen LogP contribution in [0.1, 0.15) is 12.8 Å². The van der Waals surface area contributed by atoms with Gasteiger partial charge in [-0.2, -0.15) is 0 Å². The maximum Gasteiger partial charge on any atom is 0.239 e. The zero-order valence-electron chi connectivity index (χ0n) is 9.91. The predicted molar refractivity (Wildman–Crippen MR) is 61.4 cm³/mol. The summed E-state index contributed by atoms with van der Waals surface area (Å²) in [5.74, 6) is -0.00750. The number of nitrogens with zero attached hydrogens (tertiary/aromatic N) is 1. The first-order valence-electron chi connectivity index (χ1n) is 6.11. The maximum atomic E-state index is 11.6. The fraction of sp³-hybridized carbons (Fsp3) is 0.818. The van der Waals surface area contributed by atoms with Gasteiger partial charge in [-0.05, 0) is 6.42 Å². The lowest BCUT2D eigenvalue weighted by Crippen LogP contribution is -2.49. The first-order chi connectivity index (χ1) is 8.25. The number of carbonyl (C=O) groups is 2. The van der Waals surface area contributed by atoms with Gasteiger partial charge in [0.05, 0.1) is 19.8 Å². The Morgan fingerprint density at radius 3 is 3.12 bits per heavy atom. The molecule has 2 fully saturated rings. The Morgan fingerprint density at radius 2 is 2.47 bits per heavy atom. The fourth-order valence-electron chi connectivity index (χ4n) is 2.09. The van der Waals surface area contributed by atoms with Crippen molar-refractivity contribution in [3.05, 3.63) is 0 Å². The van der Waals surface area contributed by atoms with Gasteiger partial charge in [0.2, 0.25) is 11.8 Å². The quantitative estimate of drug-likeness (QED) is 0.643. The van der Waals surface area contributed by atoms with Gasteiger partial charge in [-0.1, -0.05) is 0 Å². The van der Waals surface area contributed by atoms with Crippen LogP contribution in [0.4, 0.5) is 0 Å². The molecule has 0 aromatic rings. The van der Waals surface area contributed by atoms with E-state index >= 15 is 0 Å². The molecule has 6 heteroatoms. The van der Waals surface area contributed by atoms with Crippen molar-refractivity contribution in [2.75, 3.05) is 39.4 Å². The van der Waals surface area contributed by atoms with E-state index < -0.39 is 0 Å². The number of morpholine rings is 1. The van der Waals surface area contributed by atoms with Gasteiger partial charge in [0.15, 0.2) is 0 Å². The molecule has 0 saturated carbocycles. The number of carbonyl (C=O) groups excluding carboxylic acids is 2. The molecular formula is C11H19N3O3. The molecule has 17 heavy (non-hydrogen) atoms. The molecule has 1 unspecified atom stereocenters. The molecule has 6 nitrogen and oxygen atoms in total. The normalized spacial score (nSPS) is 25.1. The van der Waals surface area contributed by atoms with Crippen molar-refractivity contribution in [3.63, 3.8) is 0 Å². The molecule has 0 aliphatic carbocycles. The average Bonchev–Trinajstić information content (AvgIpc) is 2.74. The molecule has 2 aliphatic rings. The number of ether oxygens (including phenoxy) is 1. The third kappa shape index (κ3) is 3.67. The van der Waals surface area contributed by atoms with Gasteiger partial charge >= 0.3 is 0 Å². The minimum Gasteiger partial charge on any atom is -0.378 e. The minimum absolute atomic E-state index is 0.0827. The number of likely N-dealkylation sites (tertiary alicyclic amines) is 1. The first kappa shape index (κ1) is 12.3. The molecule has 0 aromatic heterocycles.